The largest absolute Gasteiger partial charge is 0.471 e. The van der Waals surface area contributed by atoms with Crippen LogP contribution in [0, 0.1) is 18.6 Å². The topological polar surface area (TPSA) is 84.7 Å². The Bertz CT molecular complexity index is 1300. The van der Waals surface area contributed by atoms with Gasteiger partial charge in [-0.15, -0.1) is 0 Å². The van der Waals surface area contributed by atoms with E-state index in [-0.39, 0.29) is 42.0 Å². The van der Waals surface area contributed by atoms with Gasteiger partial charge in [-0.05, 0) is 49.2 Å². The van der Waals surface area contributed by atoms with Crippen LogP contribution in [0.2, 0.25) is 5.02 Å². The van der Waals surface area contributed by atoms with Crippen molar-refractivity contribution in [2.45, 2.75) is 26.4 Å². The molecule has 4 rings (SSSR count). The first-order valence-electron chi connectivity index (χ1n) is 10.2. The third-order valence-corrected chi connectivity index (χ3v) is 5.71. The second kappa shape index (κ2) is 9.29. The average Bonchev–Trinajstić information content (AvgIpc) is 3.20. The predicted octanol–water partition coefficient (Wildman–Crippen LogP) is 3.32. The van der Waals surface area contributed by atoms with Crippen molar-refractivity contribution in [3.8, 4) is 11.6 Å². The number of ether oxygens (including phenoxy) is 1. The molecule has 3 aromatic rings. The average molecular weight is 476 g/mol. The molecule has 1 aliphatic rings. The van der Waals surface area contributed by atoms with Crippen LogP contribution in [0.1, 0.15) is 23.4 Å². The standard InChI is InChI=1S/C23H20ClF2N3O4/c1-13-27-22(33-12-15-2-3-16(25)11-18(15)26)21(24)23(32)29(13)17-4-5-19-14(10-17)6-8-28(19)20(31)7-9-30/h2-5,10-11,30H,6-9,12H2,1H3. The van der Waals surface area contributed by atoms with Gasteiger partial charge in [0.1, 0.15) is 24.1 Å². The van der Waals surface area contributed by atoms with Crippen LogP contribution in [0.4, 0.5) is 14.5 Å². The van der Waals surface area contributed by atoms with E-state index in [2.05, 4.69) is 4.98 Å². The van der Waals surface area contributed by atoms with Crippen LogP contribution in [0.5, 0.6) is 5.88 Å². The number of nitrogens with zero attached hydrogens (tertiary/aromatic N) is 3. The van der Waals surface area contributed by atoms with Crippen molar-refractivity contribution in [2.75, 3.05) is 18.1 Å². The zero-order valence-corrected chi connectivity index (χ0v) is 18.4. The summed E-state index contributed by atoms with van der Waals surface area (Å²) in [6.07, 6.45) is 0.655. The number of rotatable bonds is 6. The summed E-state index contributed by atoms with van der Waals surface area (Å²) in [6, 6.07) is 8.31. The molecule has 0 spiro atoms. The molecule has 0 saturated heterocycles. The number of carbonyl (C=O) groups is 1. The fourth-order valence-electron chi connectivity index (χ4n) is 3.78. The highest BCUT2D eigenvalue weighted by Crippen LogP contribution is 2.31. The summed E-state index contributed by atoms with van der Waals surface area (Å²) in [5.74, 6) is -1.51. The lowest BCUT2D eigenvalue weighted by molar-refractivity contribution is -0.119. The van der Waals surface area contributed by atoms with Gasteiger partial charge < -0.3 is 14.7 Å². The number of fused-ring (bicyclic) bond motifs is 1. The molecule has 0 aliphatic carbocycles. The van der Waals surface area contributed by atoms with Crippen molar-refractivity contribution in [3.63, 3.8) is 0 Å². The van der Waals surface area contributed by atoms with Crippen molar-refractivity contribution >= 4 is 23.2 Å². The minimum atomic E-state index is -0.777. The Morgan fingerprint density at radius 3 is 2.76 bits per heavy atom. The maximum absolute atomic E-state index is 13.9. The van der Waals surface area contributed by atoms with E-state index in [1.54, 1.807) is 30.0 Å². The third-order valence-electron chi connectivity index (χ3n) is 5.39. The van der Waals surface area contributed by atoms with E-state index in [1.807, 2.05) is 0 Å². The van der Waals surface area contributed by atoms with Gasteiger partial charge >= 0.3 is 0 Å². The molecule has 2 aromatic carbocycles. The molecule has 1 N–H and O–H groups in total. The second-order valence-corrected chi connectivity index (χ2v) is 7.90. The van der Waals surface area contributed by atoms with E-state index in [4.69, 9.17) is 21.4 Å². The van der Waals surface area contributed by atoms with Gasteiger partial charge in [0, 0.05) is 23.9 Å². The monoisotopic (exact) mass is 475 g/mol. The third kappa shape index (κ3) is 4.46. The number of aliphatic hydroxyl groups is 1. The fourth-order valence-corrected chi connectivity index (χ4v) is 3.97. The van der Waals surface area contributed by atoms with Crippen molar-refractivity contribution in [3.05, 3.63) is 80.4 Å². The molecule has 0 atom stereocenters. The van der Waals surface area contributed by atoms with E-state index in [0.29, 0.717) is 24.5 Å². The predicted molar refractivity (Wildman–Crippen MR) is 118 cm³/mol. The van der Waals surface area contributed by atoms with Crippen molar-refractivity contribution in [2.24, 2.45) is 0 Å². The zero-order chi connectivity index (χ0) is 23.7. The number of halogens is 3. The normalized spacial score (nSPS) is 12.7. The van der Waals surface area contributed by atoms with Gasteiger partial charge in [-0.1, -0.05) is 11.6 Å². The molecule has 0 saturated carbocycles. The lowest BCUT2D eigenvalue weighted by atomic mass is 10.1. The van der Waals surface area contributed by atoms with E-state index in [0.717, 1.165) is 23.4 Å². The maximum Gasteiger partial charge on any atom is 0.280 e. The van der Waals surface area contributed by atoms with Gasteiger partial charge in [0.25, 0.3) is 5.56 Å². The highest BCUT2D eigenvalue weighted by atomic mass is 35.5. The Labute approximate surface area is 192 Å². The molecule has 10 heteroatoms. The number of hydrogen-bond donors (Lipinski definition) is 1. The Hall–Kier alpha value is -3.30. The molecule has 0 bridgehead atoms. The van der Waals surface area contributed by atoms with Crippen molar-refractivity contribution in [1.82, 2.24) is 9.55 Å². The van der Waals surface area contributed by atoms with Crippen LogP contribution in [-0.4, -0.2) is 33.7 Å². The number of amides is 1. The molecule has 0 radical (unpaired) electrons. The molecule has 0 fully saturated rings. The number of aryl methyl sites for hydroxylation is 1. The van der Waals surface area contributed by atoms with Crippen LogP contribution < -0.4 is 15.2 Å². The number of hydrogen-bond acceptors (Lipinski definition) is 5. The summed E-state index contributed by atoms with van der Waals surface area (Å²) >= 11 is 6.22. The van der Waals surface area contributed by atoms with Crippen LogP contribution >= 0.6 is 11.6 Å². The zero-order valence-electron chi connectivity index (χ0n) is 17.6. The van der Waals surface area contributed by atoms with E-state index >= 15 is 0 Å². The quantitative estimate of drug-likeness (QED) is 0.591. The summed E-state index contributed by atoms with van der Waals surface area (Å²) in [5, 5.41) is 8.75. The number of carbonyl (C=O) groups excluding carboxylic acids is 1. The molecule has 172 valence electrons. The summed E-state index contributed by atoms with van der Waals surface area (Å²) < 4.78 is 33.7. The molecule has 33 heavy (non-hydrogen) atoms. The van der Waals surface area contributed by atoms with Crippen LogP contribution in [0.15, 0.2) is 41.2 Å². The summed E-state index contributed by atoms with van der Waals surface area (Å²) in [4.78, 5) is 31.0. The maximum atomic E-state index is 13.9. The van der Waals surface area contributed by atoms with Gasteiger partial charge in [-0.25, -0.2) is 8.78 Å². The van der Waals surface area contributed by atoms with Crippen LogP contribution in [0.25, 0.3) is 5.69 Å². The van der Waals surface area contributed by atoms with Gasteiger partial charge in [-0.3, -0.25) is 14.2 Å². The smallest absolute Gasteiger partial charge is 0.280 e. The Balaban J connectivity index is 1.62. The lowest BCUT2D eigenvalue weighted by Crippen LogP contribution is -2.29. The Morgan fingerprint density at radius 2 is 2.03 bits per heavy atom. The SMILES string of the molecule is Cc1nc(OCc2ccc(F)cc2F)c(Cl)c(=O)n1-c1ccc2c(c1)CCN2C(=O)CCO. The van der Waals surface area contributed by atoms with Gasteiger partial charge in [0.05, 0.1) is 18.7 Å². The van der Waals surface area contributed by atoms with Gasteiger partial charge in [0.15, 0.2) is 5.02 Å². The summed E-state index contributed by atoms with van der Waals surface area (Å²) in [6.45, 7) is 1.60. The minimum Gasteiger partial charge on any atom is -0.471 e. The molecule has 1 aromatic heterocycles. The highest BCUT2D eigenvalue weighted by Gasteiger charge is 2.25. The summed E-state index contributed by atoms with van der Waals surface area (Å²) in [7, 11) is 0. The van der Waals surface area contributed by atoms with Crippen molar-refractivity contribution < 1.29 is 23.4 Å². The first-order chi connectivity index (χ1) is 15.8. The molecule has 1 amide bonds. The van der Waals surface area contributed by atoms with E-state index < -0.39 is 17.2 Å². The minimum absolute atomic E-state index is 0.0442. The van der Waals surface area contributed by atoms with E-state index in [9.17, 15) is 18.4 Å². The highest BCUT2D eigenvalue weighted by molar-refractivity contribution is 6.31. The Kier molecular flexibility index (Phi) is 6.44. The first-order valence-corrected chi connectivity index (χ1v) is 10.6. The van der Waals surface area contributed by atoms with Crippen LogP contribution in [-0.2, 0) is 17.8 Å². The molecular weight excluding hydrogens is 456 g/mol. The fraction of sp³-hybridized carbons (Fsp3) is 0.261. The van der Waals surface area contributed by atoms with E-state index in [1.165, 1.54) is 10.6 Å². The van der Waals surface area contributed by atoms with Crippen molar-refractivity contribution in [1.29, 1.82) is 0 Å². The lowest BCUT2D eigenvalue weighted by Gasteiger charge is -2.18. The molecule has 2 heterocycles. The number of anilines is 1. The number of aromatic nitrogens is 2. The summed E-state index contributed by atoms with van der Waals surface area (Å²) in [5.41, 5.74) is 1.68. The molecule has 7 nitrogen and oxygen atoms in total. The van der Waals surface area contributed by atoms with Crippen LogP contribution in [0.3, 0.4) is 0 Å². The van der Waals surface area contributed by atoms with Gasteiger partial charge in [0.2, 0.25) is 11.8 Å². The second-order valence-electron chi connectivity index (χ2n) is 7.53. The van der Waals surface area contributed by atoms with Gasteiger partial charge in [-0.2, -0.15) is 4.98 Å². The number of aliphatic hydroxyl groups excluding tert-OH is 1. The molecule has 0 unspecified atom stereocenters. The first kappa shape index (κ1) is 22.9. The number of benzene rings is 2. The molecular formula is C23H20ClF2N3O4. The Morgan fingerprint density at radius 1 is 1.24 bits per heavy atom. The molecule has 1 aliphatic heterocycles.